The number of piperidine rings is 1. The standard InChI is InChI=1S/C26H24FN5O2/c1-31-16-21(24(33)25(34)32-13-3-2-4-14-32)20-15-19(9-10-23(20)31)29-26-28-12-11-22(30-26)17-5-7-18(27)8-6-17/h5-12,15-16H,2-4,13-14H2,1H3,(H,28,29,30). The number of hydrogen-bond acceptors (Lipinski definition) is 5. The quantitative estimate of drug-likeness (QED) is 0.347. The summed E-state index contributed by atoms with van der Waals surface area (Å²) >= 11 is 0. The highest BCUT2D eigenvalue weighted by Crippen LogP contribution is 2.27. The van der Waals surface area contributed by atoms with E-state index in [1.807, 2.05) is 29.8 Å². The number of rotatable bonds is 5. The Morgan fingerprint density at radius 3 is 2.53 bits per heavy atom. The van der Waals surface area contributed by atoms with Crippen molar-refractivity contribution in [3.8, 4) is 11.3 Å². The number of aryl methyl sites for hydroxylation is 1. The van der Waals surface area contributed by atoms with Crippen LogP contribution in [0.4, 0.5) is 16.0 Å². The first-order chi connectivity index (χ1) is 16.5. The molecule has 7 nitrogen and oxygen atoms in total. The first-order valence-electron chi connectivity index (χ1n) is 11.3. The van der Waals surface area contributed by atoms with E-state index >= 15 is 0 Å². The molecule has 172 valence electrons. The van der Waals surface area contributed by atoms with Crippen LogP contribution in [0.15, 0.2) is 60.9 Å². The van der Waals surface area contributed by atoms with Crippen LogP contribution in [0.2, 0.25) is 0 Å². The molecule has 0 spiro atoms. The number of nitrogens with zero attached hydrogens (tertiary/aromatic N) is 4. The van der Waals surface area contributed by atoms with Crippen molar-refractivity contribution < 1.29 is 14.0 Å². The molecule has 0 radical (unpaired) electrons. The lowest BCUT2D eigenvalue weighted by molar-refractivity contribution is -0.127. The van der Waals surface area contributed by atoms with Crippen molar-refractivity contribution in [2.75, 3.05) is 18.4 Å². The Balaban J connectivity index is 1.43. The Kier molecular flexibility index (Phi) is 5.79. The molecule has 1 aliphatic rings. The Labute approximate surface area is 196 Å². The fraction of sp³-hybridized carbons (Fsp3) is 0.231. The van der Waals surface area contributed by atoms with Crippen molar-refractivity contribution in [3.63, 3.8) is 0 Å². The van der Waals surface area contributed by atoms with Crippen LogP contribution in [0.5, 0.6) is 0 Å². The number of Topliss-reactive ketones (excluding diaryl/α,β-unsaturated/α-hetero) is 1. The van der Waals surface area contributed by atoms with Crippen LogP contribution in [0.25, 0.3) is 22.2 Å². The van der Waals surface area contributed by atoms with Crippen molar-refractivity contribution >= 4 is 34.2 Å². The fourth-order valence-corrected chi connectivity index (χ4v) is 4.34. The van der Waals surface area contributed by atoms with Crippen LogP contribution >= 0.6 is 0 Å². The highest BCUT2D eigenvalue weighted by Gasteiger charge is 2.27. The molecule has 1 saturated heterocycles. The molecular formula is C26H24FN5O2. The Morgan fingerprint density at radius 1 is 1.00 bits per heavy atom. The number of halogens is 1. The lowest BCUT2D eigenvalue weighted by Crippen LogP contribution is -2.40. The molecule has 1 aliphatic heterocycles. The van der Waals surface area contributed by atoms with Gasteiger partial charge in [0.15, 0.2) is 0 Å². The number of hydrogen-bond donors (Lipinski definition) is 1. The molecular weight excluding hydrogens is 433 g/mol. The number of carbonyl (C=O) groups is 2. The summed E-state index contributed by atoms with van der Waals surface area (Å²) in [5, 5.41) is 3.87. The highest BCUT2D eigenvalue weighted by molar-refractivity contribution is 6.45. The molecule has 0 bridgehead atoms. The molecule has 0 aliphatic carbocycles. The third-order valence-corrected chi connectivity index (χ3v) is 6.12. The van der Waals surface area contributed by atoms with E-state index in [2.05, 4.69) is 15.3 Å². The first kappa shape index (κ1) is 21.8. The van der Waals surface area contributed by atoms with Crippen molar-refractivity contribution in [2.45, 2.75) is 19.3 Å². The SMILES string of the molecule is Cn1cc(C(=O)C(=O)N2CCCCC2)c2cc(Nc3nccc(-c4ccc(F)cc4)n3)ccc21. The zero-order valence-corrected chi connectivity index (χ0v) is 18.8. The molecule has 2 aromatic carbocycles. The van der Waals surface area contributed by atoms with Gasteiger partial charge in [0.25, 0.3) is 11.7 Å². The Morgan fingerprint density at radius 2 is 1.76 bits per heavy atom. The monoisotopic (exact) mass is 457 g/mol. The summed E-state index contributed by atoms with van der Waals surface area (Å²) in [7, 11) is 1.85. The maximum absolute atomic E-state index is 13.2. The number of fused-ring (bicyclic) bond motifs is 1. The highest BCUT2D eigenvalue weighted by atomic mass is 19.1. The van der Waals surface area contributed by atoms with Crippen molar-refractivity contribution in [3.05, 3.63) is 72.3 Å². The van der Waals surface area contributed by atoms with Crippen molar-refractivity contribution in [1.29, 1.82) is 0 Å². The largest absolute Gasteiger partial charge is 0.350 e. The van der Waals surface area contributed by atoms with E-state index in [0.717, 1.165) is 30.3 Å². The number of aromatic nitrogens is 3. The number of amides is 1. The average Bonchev–Trinajstić information content (AvgIpc) is 3.20. The fourth-order valence-electron chi connectivity index (χ4n) is 4.34. The number of nitrogens with one attached hydrogen (secondary N) is 1. The lowest BCUT2D eigenvalue weighted by atomic mass is 10.1. The van der Waals surface area contributed by atoms with Gasteiger partial charge < -0.3 is 14.8 Å². The minimum Gasteiger partial charge on any atom is -0.350 e. The van der Waals surface area contributed by atoms with Crippen LogP contribution in [-0.2, 0) is 11.8 Å². The zero-order valence-electron chi connectivity index (χ0n) is 18.8. The van der Waals surface area contributed by atoms with E-state index in [-0.39, 0.29) is 5.82 Å². The summed E-state index contributed by atoms with van der Waals surface area (Å²) in [6, 6.07) is 13.4. The van der Waals surface area contributed by atoms with Crippen molar-refractivity contribution in [1.82, 2.24) is 19.4 Å². The molecule has 3 heterocycles. The maximum Gasteiger partial charge on any atom is 0.295 e. The van der Waals surface area contributed by atoms with Crippen LogP contribution in [0.3, 0.4) is 0 Å². The predicted octanol–water partition coefficient (Wildman–Crippen LogP) is 4.71. The number of anilines is 2. The van der Waals surface area contributed by atoms with Gasteiger partial charge in [-0.05, 0) is 67.8 Å². The van der Waals surface area contributed by atoms with Crippen LogP contribution in [-0.4, -0.2) is 44.2 Å². The molecule has 34 heavy (non-hydrogen) atoms. The van der Waals surface area contributed by atoms with Gasteiger partial charge in [-0.1, -0.05) is 0 Å². The smallest absolute Gasteiger partial charge is 0.295 e. The normalized spacial score (nSPS) is 13.8. The molecule has 5 rings (SSSR count). The van der Waals surface area contributed by atoms with E-state index in [1.165, 1.54) is 12.1 Å². The maximum atomic E-state index is 13.2. The molecule has 1 amide bonds. The lowest BCUT2D eigenvalue weighted by Gasteiger charge is -2.25. The minimum absolute atomic E-state index is 0.309. The van der Waals surface area contributed by atoms with E-state index < -0.39 is 11.7 Å². The van der Waals surface area contributed by atoms with E-state index in [4.69, 9.17) is 0 Å². The molecule has 4 aromatic rings. The summed E-state index contributed by atoms with van der Waals surface area (Å²) in [6.45, 7) is 1.26. The van der Waals surface area contributed by atoms with Gasteiger partial charge in [0, 0.05) is 54.7 Å². The zero-order chi connectivity index (χ0) is 23.7. The number of likely N-dealkylation sites (tertiary alicyclic amines) is 1. The third-order valence-electron chi connectivity index (χ3n) is 6.12. The predicted molar refractivity (Wildman–Crippen MR) is 128 cm³/mol. The second-order valence-electron chi connectivity index (χ2n) is 8.46. The van der Waals surface area contributed by atoms with Gasteiger partial charge in [-0.25, -0.2) is 14.4 Å². The molecule has 1 N–H and O–H groups in total. The first-order valence-corrected chi connectivity index (χ1v) is 11.3. The van der Waals surface area contributed by atoms with Crippen LogP contribution < -0.4 is 5.32 Å². The van der Waals surface area contributed by atoms with Gasteiger partial charge in [0.1, 0.15) is 5.82 Å². The van der Waals surface area contributed by atoms with E-state index in [0.29, 0.717) is 41.4 Å². The summed E-state index contributed by atoms with van der Waals surface area (Å²) in [6.07, 6.45) is 6.29. The van der Waals surface area contributed by atoms with E-state index in [1.54, 1.807) is 35.5 Å². The second kappa shape index (κ2) is 9.05. The topological polar surface area (TPSA) is 80.1 Å². The van der Waals surface area contributed by atoms with Gasteiger partial charge in [0.05, 0.1) is 11.3 Å². The molecule has 0 saturated carbocycles. The van der Waals surface area contributed by atoms with Gasteiger partial charge in [0.2, 0.25) is 5.95 Å². The van der Waals surface area contributed by atoms with Crippen molar-refractivity contribution in [2.24, 2.45) is 7.05 Å². The summed E-state index contributed by atoms with van der Waals surface area (Å²) in [5.41, 5.74) is 3.35. The van der Waals surface area contributed by atoms with Gasteiger partial charge in [-0.3, -0.25) is 9.59 Å². The number of benzene rings is 2. The summed E-state index contributed by atoms with van der Waals surface area (Å²) in [4.78, 5) is 36.4. The minimum atomic E-state index is -0.487. The average molecular weight is 458 g/mol. The number of carbonyl (C=O) groups excluding carboxylic acids is 2. The molecule has 8 heteroatoms. The Bertz CT molecular complexity index is 1370. The van der Waals surface area contributed by atoms with Gasteiger partial charge >= 0.3 is 0 Å². The number of ketones is 1. The summed E-state index contributed by atoms with van der Waals surface area (Å²) in [5.74, 6) is -0.870. The molecule has 2 aromatic heterocycles. The third kappa shape index (κ3) is 4.26. The van der Waals surface area contributed by atoms with Crippen LogP contribution in [0, 0.1) is 5.82 Å². The second-order valence-corrected chi connectivity index (χ2v) is 8.46. The van der Waals surface area contributed by atoms with Gasteiger partial charge in [-0.15, -0.1) is 0 Å². The van der Waals surface area contributed by atoms with Gasteiger partial charge in [-0.2, -0.15) is 0 Å². The Hall–Kier alpha value is -4.07. The van der Waals surface area contributed by atoms with E-state index in [9.17, 15) is 14.0 Å². The molecule has 0 unspecified atom stereocenters. The molecule has 1 fully saturated rings. The summed E-state index contributed by atoms with van der Waals surface area (Å²) < 4.78 is 15.1. The van der Waals surface area contributed by atoms with Crippen LogP contribution in [0.1, 0.15) is 29.6 Å². The molecule has 0 atom stereocenters.